The Morgan fingerprint density at radius 3 is 2.48 bits per heavy atom. The minimum atomic E-state index is -0.0466. The van der Waals surface area contributed by atoms with Crippen LogP contribution in [0.1, 0.15) is 19.8 Å². The number of amides is 1. The monoisotopic (exact) mass is 288 g/mol. The Balaban J connectivity index is 2.06. The molecular weight excluding hydrogens is 264 g/mol. The molecule has 1 N–H and O–H groups in total. The summed E-state index contributed by atoms with van der Waals surface area (Å²) in [5, 5.41) is 3.11. The third-order valence-corrected chi connectivity index (χ3v) is 5.84. The van der Waals surface area contributed by atoms with Gasteiger partial charge in [0.05, 0.1) is 0 Å². The molecule has 1 amide bonds. The van der Waals surface area contributed by atoms with Gasteiger partial charge in [-0.1, -0.05) is 25.7 Å². The lowest BCUT2D eigenvalue weighted by Gasteiger charge is -2.33. The quantitative estimate of drug-likeness (QED) is 0.586. The molecule has 1 heterocycles. The Kier molecular flexibility index (Phi) is 3.32. The van der Waals surface area contributed by atoms with Crippen LogP contribution >= 0.6 is 0 Å². The van der Waals surface area contributed by atoms with Gasteiger partial charge in [0, 0.05) is 35.9 Å². The van der Waals surface area contributed by atoms with E-state index in [9.17, 15) is 9.59 Å². The van der Waals surface area contributed by atoms with E-state index in [4.69, 9.17) is 0 Å². The van der Waals surface area contributed by atoms with Crippen molar-refractivity contribution >= 4 is 11.7 Å². The summed E-state index contributed by atoms with van der Waals surface area (Å²) >= 11 is 0. The van der Waals surface area contributed by atoms with Crippen molar-refractivity contribution in [3.63, 3.8) is 0 Å². The summed E-state index contributed by atoms with van der Waals surface area (Å²) in [6.45, 7) is 10.3. The van der Waals surface area contributed by atoms with Gasteiger partial charge in [0.1, 0.15) is 5.78 Å². The van der Waals surface area contributed by atoms with Crippen molar-refractivity contribution in [3.8, 4) is 0 Å². The summed E-state index contributed by atoms with van der Waals surface area (Å²) in [7, 11) is 4.08. The lowest BCUT2D eigenvalue weighted by molar-refractivity contribution is -0.121. The van der Waals surface area contributed by atoms with Gasteiger partial charge < -0.3 is 10.2 Å². The summed E-state index contributed by atoms with van der Waals surface area (Å²) in [6, 6.07) is 0.241. The fraction of sp³-hybridized carbons (Fsp3) is 0.647. The van der Waals surface area contributed by atoms with Gasteiger partial charge in [0.15, 0.2) is 0 Å². The predicted octanol–water partition coefficient (Wildman–Crippen LogP) is 1.39. The molecule has 0 radical (unpaired) electrons. The number of hydrogen-bond donors (Lipinski definition) is 1. The standard InChI is InChI=1S/C17H24N2O2/c1-8-6-12(19(4)5)15-10(3)17(21)18-16(15)14-9(2)13(20)7-11(8)14/h9,11-12,14-16H,1,3,6-7H2,2,4-5H3,(H,18,21). The van der Waals surface area contributed by atoms with Crippen molar-refractivity contribution < 1.29 is 9.59 Å². The Morgan fingerprint density at radius 2 is 1.86 bits per heavy atom. The molecular formula is C17H24N2O2. The lowest BCUT2D eigenvalue weighted by Crippen LogP contribution is -2.45. The van der Waals surface area contributed by atoms with Gasteiger partial charge in [-0.05, 0) is 32.4 Å². The first-order chi connectivity index (χ1) is 9.82. The second-order valence-corrected chi connectivity index (χ2v) is 7.09. The molecule has 1 aliphatic heterocycles. The topological polar surface area (TPSA) is 49.4 Å². The highest BCUT2D eigenvalue weighted by Gasteiger charge is 2.55. The number of nitrogens with one attached hydrogen (secondary N) is 1. The summed E-state index contributed by atoms with van der Waals surface area (Å²) in [5.41, 5.74) is 1.83. The molecule has 2 aliphatic carbocycles. The molecule has 3 fully saturated rings. The summed E-state index contributed by atoms with van der Waals surface area (Å²) in [4.78, 5) is 26.5. The fourth-order valence-corrected chi connectivity index (χ4v) is 4.64. The van der Waals surface area contributed by atoms with E-state index in [1.165, 1.54) is 0 Å². The Hall–Kier alpha value is -1.42. The first kappa shape index (κ1) is 14.5. The van der Waals surface area contributed by atoms with Gasteiger partial charge in [-0.15, -0.1) is 0 Å². The molecule has 4 nitrogen and oxygen atoms in total. The van der Waals surface area contributed by atoms with E-state index in [0.717, 1.165) is 12.0 Å². The van der Waals surface area contributed by atoms with Crippen LogP contribution in [0.15, 0.2) is 24.3 Å². The van der Waals surface area contributed by atoms with E-state index in [0.29, 0.717) is 17.8 Å². The van der Waals surface area contributed by atoms with Crippen LogP contribution in [-0.4, -0.2) is 42.8 Å². The van der Waals surface area contributed by atoms with Crippen molar-refractivity contribution in [1.29, 1.82) is 0 Å². The van der Waals surface area contributed by atoms with Crippen LogP contribution in [0, 0.1) is 23.7 Å². The molecule has 0 aromatic rings. The highest BCUT2D eigenvalue weighted by atomic mass is 16.2. The average molecular weight is 288 g/mol. The van der Waals surface area contributed by atoms with Gasteiger partial charge in [-0.2, -0.15) is 0 Å². The number of hydrogen-bond acceptors (Lipinski definition) is 3. The normalized spacial score (nSPS) is 42.9. The zero-order valence-electron chi connectivity index (χ0n) is 13.1. The minimum absolute atomic E-state index is 0.00800. The number of carbonyl (C=O) groups is 2. The largest absolute Gasteiger partial charge is 0.349 e. The van der Waals surface area contributed by atoms with Crippen molar-refractivity contribution in [2.75, 3.05) is 14.1 Å². The molecule has 0 spiro atoms. The number of ketones is 1. The first-order valence-corrected chi connectivity index (χ1v) is 7.69. The average Bonchev–Trinajstić information content (AvgIpc) is 2.81. The number of Topliss-reactive ketones (excluding diaryl/α,β-unsaturated/α-hetero) is 1. The zero-order chi connectivity index (χ0) is 15.5. The maximum absolute atomic E-state index is 12.2. The Labute approximate surface area is 126 Å². The Bertz CT molecular complexity index is 537. The van der Waals surface area contributed by atoms with Crippen molar-refractivity contribution in [3.05, 3.63) is 24.3 Å². The number of fused-ring (bicyclic) bond motifs is 3. The van der Waals surface area contributed by atoms with Crippen molar-refractivity contribution in [2.24, 2.45) is 23.7 Å². The van der Waals surface area contributed by atoms with Crippen molar-refractivity contribution in [1.82, 2.24) is 10.2 Å². The Morgan fingerprint density at radius 1 is 1.19 bits per heavy atom. The smallest absolute Gasteiger partial charge is 0.247 e. The third kappa shape index (κ3) is 2.00. The highest BCUT2D eigenvalue weighted by Crippen LogP contribution is 2.50. The molecule has 4 heteroatoms. The van der Waals surface area contributed by atoms with Crippen LogP contribution in [0.25, 0.3) is 0 Å². The van der Waals surface area contributed by atoms with Crippen LogP contribution < -0.4 is 5.32 Å². The van der Waals surface area contributed by atoms with Crippen LogP contribution in [0.4, 0.5) is 0 Å². The number of nitrogens with zero attached hydrogens (tertiary/aromatic N) is 1. The first-order valence-electron chi connectivity index (χ1n) is 7.69. The summed E-state index contributed by atoms with van der Waals surface area (Å²) in [6.07, 6.45) is 1.42. The summed E-state index contributed by atoms with van der Waals surface area (Å²) < 4.78 is 0. The molecule has 21 heavy (non-hydrogen) atoms. The van der Waals surface area contributed by atoms with Gasteiger partial charge in [0.2, 0.25) is 5.91 Å². The van der Waals surface area contributed by atoms with E-state index in [2.05, 4.69) is 23.4 Å². The molecule has 3 rings (SSSR count). The maximum Gasteiger partial charge on any atom is 0.247 e. The third-order valence-electron chi connectivity index (χ3n) is 5.84. The summed E-state index contributed by atoms with van der Waals surface area (Å²) in [5.74, 6) is 0.702. The van der Waals surface area contributed by atoms with Gasteiger partial charge in [-0.3, -0.25) is 9.59 Å². The van der Waals surface area contributed by atoms with Crippen LogP contribution in [-0.2, 0) is 9.59 Å². The van der Waals surface area contributed by atoms with E-state index in [-0.39, 0.29) is 41.7 Å². The van der Waals surface area contributed by atoms with E-state index >= 15 is 0 Å². The predicted molar refractivity (Wildman–Crippen MR) is 81.6 cm³/mol. The highest BCUT2D eigenvalue weighted by molar-refractivity contribution is 5.97. The SMILES string of the molecule is C=C1CC(N(C)C)C2C(=C)C(=O)NC2C2C(C)C(=O)CC12. The van der Waals surface area contributed by atoms with Crippen LogP contribution in [0.5, 0.6) is 0 Å². The zero-order valence-corrected chi connectivity index (χ0v) is 13.1. The molecule has 6 atom stereocenters. The fourth-order valence-electron chi connectivity index (χ4n) is 4.64. The van der Waals surface area contributed by atoms with E-state index < -0.39 is 0 Å². The van der Waals surface area contributed by atoms with Gasteiger partial charge >= 0.3 is 0 Å². The van der Waals surface area contributed by atoms with Crippen molar-refractivity contribution in [2.45, 2.75) is 31.8 Å². The van der Waals surface area contributed by atoms with E-state index in [1.54, 1.807) is 0 Å². The molecule has 114 valence electrons. The number of carbonyl (C=O) groups excluding carboxylic acids is 2. The molecule has 2 saturated carbocycles. The second-order valence-electron chi connectivity index (χ2n) is 7.09. The molecule has 1 saturated heterocycles. The molecule has 0 bridgehead atoms. The minimum Gasteiger partial charge on any atom is -0.349 e. The van der Waals surface area contributed by atoms with E-state index in [1.807, 2.05) is 21.0 Å². The van der Waals surface area contributed by atoms with Gasteiger partial charge in [0.25, 0.3) is 0 Å². The second kappa shape index (κ2) is 4.80. The van der Waals surface area contributed by atoms with Crippen LogP contribution in [0.3, 0.4) is 0 Å². The molecule has 0 aromatic carbocycles. The molecule has 3 aliphatic rings. The lowest BCUT2D eigenvalue weighted by atomic mass is 9.77. The molecule has 0 aromatic heterocycles. The maximum atomic E-state index is 12.2. The number of rotatable bonds is 1. The molecule has 6 unspecified atom stereocenters. The van der Waals surface area contributed by atoms with Crippen LogP contribution in [0.2, 0.25) is 0 Å². The van der Waals surface area contributed by atoms with Gasteiger partial charge in [-0.25, -0.2) is 0 Å².